The Morgan fingerprint density at radius 3 is 2.73 bits per heavy atom. The maximum atomic E-state index is 12.6. The second kappa shape index (κ2) is 7.67. The monoisotopic (exact) mass is 422 g/mol. The molecule has 0 fully saturated rings. The SMILES string of the molecule is O=[N+]([O-])c1cn2c(n1)OC[C@@H](OCc1ccc(-c3ccc(C(F)(F)F)nc3)nn1)C2. The largest absolute Gasteiger partial charge is 0.443 e. The number of rotatable bonds is 5. The van der Waals surface area contributed by atoms with Gasteiger partial charge in [-0.25, -0.2) is 0 Å². The van der Waals surface area contributed by atoms with E-state index < -0.39 is 16.8 Å². The molecule has 0 saturated carbocycles. The van der Waals surface area contributed by atoms with Crippen molar-refractivity contribution in [2.24, 2.45) is 0 Å². The van der Waals surface area contributed by atoms with Crippen LogP contribution in [0.4, 0.5) is 19.0 Å². The zero-order chi connectivity index (χ0) is 21.3. The summed E-state index contributed by atoms with van der Waals surface area (Å²) in [6.07, 6.45) is -2.51. The predicted octanol–water partition coefficient (Wildman–Crippen LogP) is 2.64. The van der Waals surface area contributed by atoms with Gasteiger partial charge >= 0.3 is 18.0 Å². The molecule has 156 valence electrons. The topological polar surface area (TPSA) is 118 Å². The third-order valence-corrected chi connectivity index (χ3v) is 4.25. The molecule has 0 bridgehead atoms. The van der Waals surface area contributed by atoms with E-state index in [4.69, 9.17) is 9.47 Å². The van der Waals surface area contributed by atoms with Crippen LogP contribution < -0.4 is 4.74 Å². The quantitative estimate of drug-likeness (QED) is 0.455. The summed E-state index contributed by atoms with van der Waals surface area (Å²) >= 11 is 0. The number of halogens is 3. The van der Waals surface area contributed by atoms with E-state index in [0.29, 0.717) is 23.5 Å². The Kier molecular flexibility index (Phi) is 5.03. The molecular weight excluding hydrogens is 409 g/mol. The molecule has 0 amide bonds. The van der Waals surface area contributed by atoms with E-state index in [1.165, 1.54) is 16.8 Å². The normalized spacial score (nSPS) is 16.0. The number of nitro groups is 1. The first kappa shape index (κ1) is 19.7. The van der Waals surface area contributed by atoms with Crippen molar-refractivity contribution in [1.29, 1.82) is 0 Å². The van der Waals surface area contributed by atoms with E-state index in [0.717, 1.165) is 12.3 Å². The maximum absolute atomic E-state index is 12.6. The van der Waals surface area contributed by atoms with E-state index in [2.05, 4.69) is 20.2 Å². The molecule has 0 spiro atoms. The van der Waals surface area contributed by atoms with Gasteiger partial charge in [0.15, 0.2) is 0 Å². The number of fused-ring (bicyclic) bond motifs is 1. The molecule has 1 aliphatic rings. The van der Waals surface area contributed by atoms with Crippen molar-refractivity contribution in [3.05, 3.63) is 58.2 Å². The lowest BCUT2D eigenvalue weighted by Crippen LogP contribution is -2.32. The minimum Gasteiger partial charge on any atom is -0.443 e. The molecule has 0 saturated heterocycles. The van der Waals surface area contributed by atoms with Gasteiger partial charge in [0, 0.05) is 16.7 Å². The number of alkyl halides is 3. The lowest BCUT2D eigenvalue weighted by molar-refractivity contribution is -0.389. The van der Waals surface area contributed by atoms with Gasteiger partial charge in [0.2, 0.25) is 0 Å². The molecule has 1 atom stereocenters. The Morgan fingerprint density at radius 2 is 2.10 bits per heavy atom. The molecule has 3 aromatic rings. The van der Waals surface area contributed by atoms with Crippen molar-refractivity contribution in [1.82, 2.24) is 24.7 Å². The van der Waals surface area contributed by atoms with Gasteiger partial charge in [-0.05, 0) is 29.2 Å². The minimum atomic E-state index is -4.50. The maximum Gasteiger partial charge on any atom is 0.433 e. The number of hydrogen-bond acceptors (Lipinski definition) is 8. The summed E-state index contributed by atoms with van der Waals surface area (Å²) < 4.78 is 50.3. The Morgan fingerprint density at radius 1 is 1.27 bits per heavy atom. The van der Waals surface area contributed by atoms with Gasteiger partial charge in [-0.1, -0.05) is 0 Å². The van der Waals surface area contributed by atoms with Crippen LogP contribution in [0.3, 0.4) is 0 Å². The fourth-order valence-electron chi connectivity index (χ4n) is 2.77. The molecule has 0 unspecified atom stereocenters. The summed E-state index contributed by atoms with van der Waals surface area (Å²) in [5, 5.41) is 18.8. The third kappa shape index (κ3) is 4.20. The van der Waals surface area contributed by atoms with Crippen LogP contribution >= 0.6 is 0 Å². The number of aromatic nitrogens is 5. The van der Waals surface area contributed by atoms with E-state index >= 15 is 0 Å². The van der Waals surface area contributed by atoms with Crippen molar-refractivity contribution < 1.29 is 27.6 Å². The van der Waals surface area contributed by atoms with Crippen LogP contribution in [0, 0.1) is 10.1 Å². The smallest absolute Gasteiger partial charge is 0.433 e. The molecule has 0 aliphatic carbocycles. The van der Waals surface area contributed by atoms with Crippen LogP contribution in [0.25, 0.3) is 11.3 Å². The highest BCUT2D eigenvalue weighted by molar-refractivity contribution is 5.57. The summed E-state index contributed by atoms with van der Waals surface area (Å²) in [6.45, 7) is 0.620. The highest BCUT2D eigenvalue weighted by Gasteiger charge is 2.32. The molecule has 13 heteroatoms. The Bertz CT molecular complexity index is 1050. The standard InChI is InChI=1S/C17H13F3N6O4/c18-17(19,20)14-4-1-10(5-21-14)13-3-2-11(23-24-13)8-29-12-6-25-7-15(26(27)28)22-16(25)30-9-12/h1-5,7,12H,6,8-9H2/t12-/m0/s1. The molecular formula is C17H13F3N6O4. The summed E-state index contributed by atoms with van der Waals surface area (Å²) in [5.41, 5.74) is 0.292. The first-order chi connectivity index (χ1) is 14.3. The molecule has 4 rings (SSSR count). The molecule has 4 heterocycles. The lowest BCUT2D eigenvalue weighted by Gasteiger charge is -2.22. The average molecular weight is 422 g/mol. The van der Waals surface area contributed by atoms with Gasteiger partial charge in [-0.3, -0.25) is 9.55 Å². The first-order valence-corrected chi connectivity index (χ1v) is 8.62. The number of imidazole rings is 1. The van der Waals surface area contributed by atoms with Crippen molar-refractivity contribution in [3.8, 4) is 17.3 Å². The van der Waals surface area contributed by atoms with E-state index in [9.17, 15) is 23.3 Å². The second-order valence-electron chi connectivity index (χ2n) is 6.37. The van der Waals surface area contributed by atoms with Gasteiger partial charge in [0.05, 0.1) is 24.5 Å². The number of ether oxygens (including phenoxy) is 2. The van der Waals surface area contributed by atoms with Crippen molar-refractivity contribution in [2.75, 3.05) is 6.61 Å². The van der Waals surface area contributed by atoms with E-state index in [-0.39, 0.29) is 31.1 Å². The zero-order valence-electron chi connectivity index (χ0n) is 15.1. The third-order valence-electron chi connectivity index (χ3n) is 4.25. The van der Waals surface area contributed by atoms with Gasteiger partial charge < -0.3 is 19.6 Å². The second-order valence-corrected chi connectivity index (χ2v) is 6.37. The Labute approximate surface area is 166 Å². The van der Waals surface area contributed by atoms with Crippen LogP contribution in [-0.2, 0) is 24.1 Å². The summed E-state index contributed by atoms with van der Waals surface area (Å²) in [5.74, 6) is -0.301. The van der Waals surface area contributed by atoms with Gasteiger partial charge in [-0.2, -0.15) is 23.4 Å². The lowest BCUT2D eigenvalue weighted by atomic mass is 10.2. The number of hydrogen-bond donors (Lipinski definition) is 0. The van der Waals surface area contributed by atoms with Crippen molar-refractivity contribution >= 4 is 5.82 Å². The number of nitrogens with zero attached hydrogens (tertiary/aromatic N) is 6. The molecule has 3 aromatic heterocycles. The highest BCUT2D eigenvalue weighted by Crippen LogP contribution is 2.28. The molecule has 30 heavy (non-hydrogen) atoms. The Hall–Kier alpha value is -3.61. The minimum absolute atomic E-state index is 0.110. The van der Waals surface area contributed by atoms with Crippen LogP contribution in [0.15, 0.2) is 36.7 Å². The number of pyridine rings is 1. The van der Waals surface area contributed by atoms with Crippen molar-refractivity contribution in [2.45, 2.75) is 25.4 Å². The summed E-state index contributed by atoms with van der Waals surface area (Å²) in [4.78, 5) is 17.3. The summed E-state index contributed by atoms with van der Waals surface area (Å²) in [6, 6.07) is 5.56. The van der Waals surface area contributed by atoms with Gasteiger partial charge in [0.1, 0.15) is 24.6 Å². The van der Waals surface area contributed by atoms with Crippen LogP contribution in [-0.4, -0.2) is 42.4 Å². The fraction of sp³-hybridized carbons (Fsp3) is 0.294. The molecule has 0 N–H and O–H groups in total. The van der Waals surface area contributed by atoms with E-state index in [1.54, 1.807) is 12.1 Å². The zero-order valence-corrected chi connectivity index (χ0v) is 15.1. The van der Waals surface area contributed by atoms with Crippen LogP contribution in [0.2, 0.25) is 0 Å². The molecule has 0 aromatic carbocycles. The highest BCUT2D eigenvalue weighted by atomic mass is 19.4. The van der Waals surface area contributed by atoms with Crippen molar-refractivity contribution in [3.63, 3.8) is 0 Å². The van der Waals surface area contributed by atoms with Crippen LogP contribution in [0.5, 0.6) is 6.01 Å². The average Bonchev–Trinajstić information content (AvgIpc) is 3.16. The molecule has 1 aliphatic heterocycles. The molecule has 10 nitrogen and oxygen atoms in total. The fourth-order valence-corrected chi connectivity index (χ4v) is 2.77. The Balaban J connectivity index is 1.35. The van der Waals surface area contributed by atoms with Gasteiger partial charge in [-0.15, -0.1) is 0 Å². The van der Waals surface area contributed by atoms with Crippen LogP contribution in [0.1, 0.15) is 11.4 Å². The first-order valence-electron chi connectivity index (χ1n) is 8.62. The van der Waals surface area contributed by atoms with E-state index in [1.807, 2.05) is 0 Å². The predicted molar refractivity (Wildman–Crippen MR) is 93.2 cm³/mol. The molecule has 0 radical (unpaired) electrons. The van der Waals surface area contributed by atoms with Gasteiger partial charge in [0.25, 0.3) is 0 Å². The summed E-state index contributed by atoms with van der Waals surface area (Å²) in [7, 11) is 0.